The van der Waals surface area contributed by atoms with Gasteiger partial charge in [-0.15, -0.1) is 0 Å². The zero-order valence-corrected chi connectivity index (χ0v) is 10.7. The molecule has 7 nitrogen and oxygen atoms in total. The van der Waals surface area contributed by atoms with E-state index in [1.54, 1.807) is 30.3 Å². The molecule has 2 rings (SSSR count). The monoisotopic (exact) mass is 283 g/mol. The molecule has 0 aromatic heterocycles. The van der Waals surface area contributed by atoms with Crippen molar-refractivity contribution in [1.82, 2.24) is 0 Å². The van der Waals surface area contributed by atoms with Crippen molar-refractivity contribution in [3.8, 4) is 6.07 Å². The first-order valence-corrected chi connectivity index (χ1v) is 5.92. The SMILES string of the molecule is N#CC(c1ccccc1)c1c([N+](=O)[O-])cccc1[N+](=O)[O-]. The van der Waals surface area contributed by atoms with Gasteiger partial charge in [0.25, 0.3) is 11.4 Å². The molecule has 0 aliphatic heterocycles. The highest BCUT2D eigenvalue weighted by Gasteiger charge is 2.32. The zero-order valence-electron chi connectivity index (χ0n) is 10.7. The van der Waals surface area contributed by atoms with Crippen LogP contribution in [0.15, 0.2) is 48.5 Å². The summed E-state index contributed by atoms with van der Waals surface area (Å²) in [5, 5.41) is 31.6. The summed E-state index contributed by atoms with van der Waals surface area (Å²) in [6.45, 7) is 0. The van der Waals surface area contributed by atoms with E-state index in [1.807, 2.05) is 6.07 Å². The minimum absolute atomic E-state index is 0.193. The molecule has 0 aliphatic carbocycles. The van der Waals surface area contributed by atoms with Crippen LogP contribution in [0.5, 0.6) is 0 Å². The molecule has 2 aromatic carbocycles. The lowest BCUT2D eigenvalue weighted by atomic mass is 9.90. The third-order valence-electron chi connectivity index (χ3n) is 3.00. The molecular weight excluding hydrogens is 274 g/mol. The maximum absolute atomic E-state index is 11.1. The van der Waals surface area contributed by atoms with Gasteiger partial charge in [-0.1, -0.05) is 30.3 Å². The van der Waals surface area contributed by atoms with Crippen LogP contribution < -0.4 is 0 Å². The van der Waals surface area contributed by atoms with Crippen LogP contribution in [0.3, 0.4) is 0 Å². The van der Waals surface area contributed by atoms with Gasteiger partial charge in [0.15, 0.2) is 0 Å². The van der Waals surface area contributed by atoms with Gasteiger partial charge >= 0.3 is 0 Å². The molecule has 1 unspecified atom stereocenters. The Morgan fingerprint density at radius 3 is 1.86 bits per heavy atom. The first-order chi connectivity index (χ1) is 10.1. The molecule has 21 heavy (non-hydrogen) atoms. The summed E-state index contributed by atoms with van der Waals surface area (Å²) in [6.07, 6.45) is 0. The average Bonchev–Trinajstić information content (AvgIpc) is 2.48. The molecule has 7 heteroatoms. The number of hydrogen-bond donors (Lipinski definition) is 0. The average molecular weight is 283 g/mol. The van der Waals surface area contributed by atoms with Gasteiger partial charge in [0.05, 0.1) is 15.9 Å². The standard InChI is InChI=1S/C14H9N3O4/c15-9-11(10-5-2-1-3-6-10)14-12(16(18)19)7-4-8-13(14)17(20)21/h1-8,11H. The number of rotatable bonds is 4. The van der Waals surface area contributed by atoms with Gasteiger partial charge in [0, 0.05) is 12.1 Å². The van der Waals surface area contributed by atoms with Gasteiger partial charge in [0.2, 0.25) is 0 Å². The summed E-state index contributed by atoms with van der Waals surface area (Å²) in [7, 11) is 0. The molecule has 0 fully saturated rings. The second kappa shape index (κ2) is 5.79. The van der Waals surface area contributed by atoms with Crippen molar-refractivity contribution in [1.29, 1.82) is 5.26 Å². The van der Waals surface area contributed by atoms with Gasteiger partial charge in [-0.25, -0.2) is 0 Å². The van der Waals surface area contributed by atoms with Gasteiger partial charge in [-0.05, 0) is 11.6 Å². The Morgan fingerprint density at radius 1 is 0.905 bits per heavy atom. The minimum Gasteiger partial charge on any atom is -0.258 e. The Morgan fingerprint density at radius 2 is 1.43 bits per heavy atom. The predicted octanol–water partition coefficient (Wildman–Crippen LogP) is 3.16. The number of nitro groups is 2. The van der Waals surface area contributed by atoms with E-state index in [4.69, 9.17) is 0 Å². The minimum atomic E-state index is -1.08. The van der Waals surface area contributed by atoms with Gasteiger partial charge in [-0.2, -0.15) is 5.26 Å². The third kappa shape index (κ3) is 2.69. The molecule has 0 amide bonds. The van der Waals surface area contributed by atoms with Crippen molar-refractivity contribution in [2.45, 2.75) is 5.92 Å². The number of nitrogens with zero attached hydrogens (tertiary/aromatic N) is 3. The lowest BCUT2D eigenvalue weighted by Gasteiger charge is -2.10. The van der Waals surface area contributed by atoms with Crippen LogP contribution in [-0.4, -0.2) is 9.85 Å². The van der Waals surface area contributed by atoms with Crippen molar-refractivity contribution in [3.63, 3.8) is 0 Å². The van der Waals surface area contributed by atoms with E-state index in [0.717, 1.165) is 12.1 Å². The molecule has 1 atom stereocenters. The summed E-state index contributed by atoms with van der Waals surface area (Å²) in [4.78, 5) is 20.8. The molecule has 2 aromatic rings. The topological polar surface area (TPSA) is 110 Å². The number of nitro benzene ring substituents is 2. The highest BCUT2D eigenvalue weighted by Crippen LogP contribution is 2.37. The first-order valence-electron chi connectivity index (χ1n) is 5.92. The second-order valence-corrected chi connectivity index (χ2v) is 4.20. The van der Waals surface area contributed by atoms with Crippen molar-refractivity contribution >= 4 is 11.4 Å². The highest BCUT2D eigenvalue weighted by molar-refractivity contribution is 5.60. The van der Waals surface area contributed by atoms with E-state index in [0.29, 0.717) is 5.56 Å². The molecule has 0 heterocycles. The molecule has 104 valence electrons. The molecule has 0 N–H and O–H groups in total. The lowest BCUT2D eigenvalue weighted by Crippen LogP contribution is -2.06. The molecule has 0 saturated heterocycles. The maximum atomic E-state index is 11.1. The lowest BCUT2D eigenvalue weighted by molar-refractivity contribution is -0.395. The number of hydrogen-bond acceptors (Lipinski definition) is 5. The maximum Gasteiger partial charge on any atom is 0.281 e. The fraction of sp³-hybridized carbons (Fsp3) is 0.0714. The molecule has 0 aliphatic rings. The van der Waals surface area contributed by atoms with Crippen LogP contribution in [0.25, 0.3) is 0 Å². The van der Waals surface area contributed by atoms with Gasteiger partial charge in [0.1, 0.15) is 11.5 Å². The highest BCUT2D eigenvalue weighted by atomic mass is 16.6. The summed E-state index contributed by atoms with van der Waals surface area (Å²) < 4.78 is 0. The Bertz CT molecular complexity index is 705. The van der Waals surface area contributed by atoms with Crippen LogP contribution in [0.4, 0.5) is 11.4 Å². The Labute approximate surface area is 119 Å². The summed E-state index contributed by atoms with van der Waals surface area (Å²) in [6, 6.07) is 13.7. The van der Waals surface area contributed by atoms with Gasteiger partial charge in [-0.3, -0.25) is 20.2 Å². The first kappa shape index (κ1) is 14.1. The Balaban J connectivity index is 2.73. The van der Waals surface area contributed by atoms with Crippen molar-refractivity contribution in [3.05, 3.63) is 79.9 Å². The van der Waals surface area contributed by atoms with Crippen LogP contribution in [0.1, 0.15) is 17.0 Å². The third-order valence-corrected chi connectivity index (χ3v) is 3.00. The number of benzene rings is 2. The second-order valence-electron chi connectivity index (χ2n) is 4.20. The largest absolute Gasteiger partial charge is 0.281 e. The summed E-state index contributed by atoms with van der Waals surface area (Å²) in [5.74, 6) is -1.08. The summed E-state index contributed by atoms with van der Waals surface area (Å²) in [5.41, 5.74) is -0.585. The molecular formula is C14H9N3O4. The molecule has 0 radical (unpaired) electrons. The zero-order chi connectivity index (χ0) is 15.4. The van der Waals surface area contributed by atoms with Crippen molar-refractivity contribution < 1.29 is 9.85 Å². The normalized spacial score (nSPS) is 11.4. The van der Waals surface area contributed by atoms with E-state index in [9.17, 15) is 25.5 Å². The van der Waals surface area contributed by atoms with E-state index in [1.165, 1.54) is 6.07 Å². The Hall–Kier alpha value is -3.27. The van der Waals surface area contributed by atoms with E-state index in [-0.39, 0.29) is 5.56 Å². The molecule has 0 saturated carbocycles. The molecule has 0 spiro atoms. The van der Waals surface area contributed by atoms with Crippen LogP contribution in [-0.2, 0) is 0 Å². The van der Waals surface area contributed by atoms with E-state index >= 15 is 0 Å². The quantitative estimate of drug-likeness (QED) is 0.632. The van der Waals surface area contributed by atoms with Crippen molar-refractivity contribution in [2.24, 2.45) is 0 Å². The van der Waals surface area contributed by atoms with E-state index in [2.05, 4.69) is 0 Å². The van der Waals surface area contributed by atoms with Crippen LogP contribution in [0.2, 0.25) is 0 Å². The van der Waals surface area contributed by atoms with Crippen molar-refractivity contribution in [2.75, 3.05) is 0 Å². The Kier molecular flexibility index (Phi) is 3.90. The van der Waals surface area contributed by atoms with Crippen LogP contribution in [0, 0.1) is 31.6 Å². The predicted molar refractivity (Wildman–Crippen MR) is 73.6 cm³/mol. The molecule has 0 bridgehead atoms. The van der Waals surface area contributed by atoms with E-state index < -0.39 is 27.1 Å². The summed E-state index contributed by atoms with van der Waals surface area (Å²) >= 11 is 0. The van der Waals surface area contributed by atoms with Gasteiger partial charge < -0.3 is 0 Å². The smallest absolute Gasteiger partial charge is 0.258 e. The fourth-order valence-electron chi connectivity index (χ4n) is 2.11. The number of nitriles is 1. The fourth-order valence-corrected chi connectivity index (χ4v) is 2.11. The van der Waals surface area contributed by atoms with Crippen LogP contribution >= 0.6 is 0 Å².